The number of benzene rings is 1. The molecule has 1 aliphatic rings. The number of ether oxygens (including phenoxy) is 3. The zero-order chi connectivity index (χ0) is 22.5. The number of nitrogens with zero attached hydrogens (tertiary/aromatic N) is 1. The van der Waals surface area contributed by atoms with Gasteiger partial charge in [-0.05, 0) is 22.5 Å². The highest BCUT2D eigenvalue weighted by Crippen LogP contribution is 2.40. The molecule has 0 saturated carbocycles. The highest BCUT2D eigenvalue weighted by Gasteiger charge is 2.27. The standard InChI is InChI=1S/C23H34N2O5/c1-22(2,3)16-14-17(23(4,5)6)19(30-21(27)28-7)15-18(16)24-20(26)8-9-25-10-12-29-13-11-25/h8-9,14-15H,10-13H2,1-7H3,(H,24,26)/b9-8+. The van der Waals surface area contributed by atoms with Crippen molar-refractivity contribution >= 4 is 17.7 Å². The van der Waals surface area contributed by atoms with E-state index in [2.05, 4.69) is 30.8 Å². The number of morpholine rings is 1. The summed E-state index contributed by atoms with van der Waals surface area (Å²) in [7, 11) is 1.27. The van der Waals surface area contributed by atoms with Gasteiger partial charge in [-0.1, -0.05) is 41.5 Å². The fourth-order valence-corrected chi connectivity index (χ4v) is 3.18. The van der Waals surface area contributed by atoms with Crippen LogP contribution in [0, 0.1) is 0 Å². The van der Waals surface area contributed by atoms with Gasteiger partial charge < -0.3 is 24.4 Å². The maximum Gasteiger partial charge on any atom is 0.513 e. The van der Waals surface area contributed by atoms with E-state index in [-0.39, 0.29) is 16.7 Å². The molecule has 30 heavy (non-hydrogen) atoms. The zero-order valence-electron chi connectivity index (χ0n) is 19.1. The number of amides is 1. The van der Waals surface area contributed by atoms with E-state index in [9.17, 15) is 9.59 Å². The second kappa shape index (κ2) is 9.51. The van der Waals surface area contributed by atoms with Crippen LogP contribution >= 0.6 is 0 Å². The third-order valence-electron chi connectivity index (χ3n) is 4.84. The van der Waals surface area contributed by atoms with E-state index in [1.165, 1.54) is 13.2 Å². The average molecular weight is 419 g/mol. The summed E-state index contributed by atoms with van der Waals surface area (Å²) in [6, 6.07) is 3.71. The molecular formula is C23H34N2O5. The first kappa shape index (κ1) is 23.7. The van der Waals surface area contributed by atoms with Crippen molar-refractivity contribution in [2.45, 2.75) is 52.4 Å². The number of methoxy groups -OCH3 is 1. The summed E-state index contributed by atoms with van der Waals surface area (Å²) in [5.41, 5.74) is 1.91. The molecule has 0 spiro atoms. The van der Waals surface area contributed by atoms with Crippen LogP contribution in [0.4, 0.5) is 10.5 Å². The van der Waals surface area contributed by atoms with Gasteiger partial charge in [-0.25, -0.2) is 4.79 Å². The van der Waals surface area contributed by atoms with Crippen LogP contribution in [0.2, 0.25) is 0 Å². The maximum absolute atomic E-state index is 12.6. The van der Waals surface area contributed by atoms with E-state index in [0.29, 0.717) is 24.7 Å². The average Bonchev–Trinajstić information content (AvgIpc) is 2.65. The van der Waals surface area contributed by atoms with E-state index in [1.54, 1.807) is 12.3 Å². The minimum Gasteiger partial charge on any atom is -0.437 e. The van der Waals surface area contributed by atoms with Gasteiger partial charge >= 0.3 is 6.16 Å². The predicted octanol–water partition coefficient (Wildman–Crippen LogP) is 4.21. The number of nitrogens with one attached hydrogen (secondary N) is 1. The molecule has 1 aromatic carbocycles. The summed E-state index contributed by atoms with van der Waals surface area (Å²) in [6.07, 6.45) is 2.49. The van der Waals surface area contributed by atoms with Gasteiger partial charge in [0, 0.05) is 42.7 Å². The molecule has 1 N–H and O–H groups in total. The largest absolute Gasteiger partial charge is 0.513 e. The Kier molecular flexibility index (Phi) is 7.53. The maximum atomic E-state index is 12.6. The fourth-order valence-electron chi connectivity index (χ4n) is 3.18. The topological polar surface area (TPSA) is 77.1 Å². The van der Waals surface area contributed by atoms with E-state index in [1.807, 2.05) is 31.7 Å². The van der Waals surface area contributed by atoms with Crippen LogP contribution in [0.5, 0.6) is 5.75 Å². The monoisotopic (exact) mass is 418 g/mol. The number of anilines is 1. The molecule has 2 rings (SSSR count). The van der Waals surface area contributed by atoms with Crippen molar-refractivity contribution in [1.82, 2.24) is 4.90 Å². The summed E-state index contributed by atoms with van der Waals surface area (Å²) in [5, 5.41) is 2.95. The molecule has 1 heterocycles. The van der Waals surface area contributed by atoms with Crippen molar-refractivity contribution in [3.05, 3.63) is 35.5 Å². The molecule has 166 valence electrons. The van der Waals surface area contributed by atoms with Crippen LogP contribution in [-0.4, -0.2) is 50.4 Å². The Balaban J connectivity index is 2.40. The van der Waals surface area contributed by atoms with Crippen LogP contribution in [0.15, 0.2) is 24.4 Å². The van der Waals surface area contributed by atoms with Crippen molar-refractivity contribution in [1.29, 1.82) is 0 Å². The van der Waals surface area contributed by atoms with E-state index in [0.717, 1.165) is 24.2 Å². The van der Waals surface area contributed by atoms with E-state index >= 15 is 0 Å². The summed E-state index contributed by atoms with van der Waals surface area (Å²) in [6.45, 7) is 15.2. The summed E-state index contributed by atoms with van der Waals surface area (Å²) >= 11 is 0. The second-order valence-corrected chi connectivity index (χ2v) is 9.40. The van der Waals surface area contributed by atoms with Crippen LogP contribution in [0.25, 0.3) is 0 Å². The van der Waals surface area contributed by atoms with Gasteiger partial charge in [0.05, 0.1) is 20.3 Å². The lowest BCUT2D eigenvalue weighted by molar-refractivity contribution is -0.112. The van der Waals surface area contributed by atoms with Crippen LogP contribution in [-0.2, 0) is 25.1 Å². The molecule has 1 aliphatic heterocycles. The molecule has 1 amide bonds. The Morgan fingerprint density at radius 2 is 1.63 bits per heavy atom. The molecule has 7 heteroatoms. The Morgan fingerprint density at radius 1 is 1.03 bits per heavy atom. The fraction of sp³-hybridized carbons (Fsp3) is 0.565. The Bertz CT molecular complexity index is 797. The van der Waals surface area contributed by atoms with Gasteiger partial charge in [0.25, 0.3) is 0 Å². The first-order valence-corrected chi connectivity index (χ1v) is 10.2. The van der Waals surface area contributed by atoms with Gasteiger partial charge in [0.15, 0.2) is 0 Å². The minimum absolute atomic E-state index is 0.236. The number of rotatable bonds is 4. The smallest absolute Gasteiger partial charge is 0.437 e. The predicted molar refractivity (Wildman–Crippen MR) is 117 cm³/mol. The van der Waals surface area contributed by atoms with Gasteiger partial charge in [0.1, 0.15) is 5.75 Å². The van der Waals surface area contributed by atoms with Crippen molar-refractivity contribution < 1.29 is 23.8 Å². The first-order chi connectivity index (χ1) is 13.9. The summed E-state index contributed by atoms with van der Waals surface area (Å²) in [5.74, 6) is 0.120. The molecule has 1 aromatic rings. The molecule has 1 saturated heterocycles. The van der Waals surface area contributed by atoms with Crippen molar-refractivity contribution in [2.75, 3.05) is 38.7 Å². The van der Waals surface area contributed by atoms with Gasteiger partial charge in [-0.15, -0.1) is 0 Å². The molecule has 0 atom stereocenters. The third-order valence-corrected chi connectivity index (χ3v) is 4.84. The minimum atomic E-state index is -0.798. The number of carbonyl (C=O) groups excluding carboxylic acids is 2. The van der Waals surface area contributed by atoms with Crippen LogP contribution in [0.1, 0.15) is 52.7 Å². The van der Waals surface area contributed by atoms with Gasteiger partial charge in [0.2, 0.25) is 5.91 Å². The SMILES string of the molecule is COC(=O)Oc1cc(NC(=O)/C=C/N2CCOCC2)c(C(C)(C)C)cc1C(C)(C)C. The van der Waals surface area contributed by atoms with Crippen molar-refractivity contribution in [2.24, 2.45) is 0 Å². The quantitative estimate of drug-likeness (QED) is 0.448. The van der Waals surface area contributed by atoms with Crippen molar-refractivity contribution in [3.8, 4) is 5.75 Å². The number of hydrogen-bond acceptors (Lipinski definition) is 6. The molecule has 0 aromatic heterocycles. The summed E-state index contributed by atoms with van der Waals surface area (Å²) in [4.78, 5) is 26.5. The van der Waals surface area contributed by atoms with Crippen molar-refractivity contribution in [3.63, 3.8) is 0 Å². The Morgan fingerprint density at radius 3 is 2.17 bits per heavy atom. The molecular weight excluding hydrogens is 384 g/mol. The van der Waals surface area contributed by atoms with E-state index in [4.69, 9.17) is 9.47 Å². The molecule has 1 fully saturated rings. The van der Waals surface area contributed by atoms with E-state index < -0.39 is 6.16 Å². The lowest BCUT2D eigenvalue weighted by Crippen LogP contribution is -2.32. The first-order valence-electron chi connectivity index (χ1n) is 10.2. The van der Waals surface area contributed by atoms with Gasteiger partial charge in [-0.2, -0.15) is 0 Å². The molecule has 0 aliphatic carbocycles. The van der Waals surface area contributed by atoms with Crippen LogP contribution < -0.4 is 10.1 Å². The van der Waals surface area contributed by atoms with Crippen LogP contribution in [0.3, 0.4) is 0 Å². The lowest BCUT2D eigenvalue weighted by Gasteiger charge is -2.29. The number of carbonyl (C=O) groups is 2. The highest BCUT2D eigenvalue weighted by molar-refractivity contribution is 6.00. The molecule has 0 bridgehead atoms. The Hall–Kier alpha value is -2.54. The molecule has 0 radical (unpaired) electrons. The zero-order valence-corrected chi connectivity index (χ0v) is 19.1. The molecule has 7 nitrogen and oxygen atoms in total. The second-order valence-electron chi connectivity index (χ2n) is 9.40. The third kappa shape index (κ3) is 6.49. The normalized spacial score (nSPS) is 15.2. The summed E-state index contributed by atoms with van der Waals surface area (Å²) < 4.78 is 15.4. The molecule has 0 unspecified atom stereocenters. The lowest BCUT2D eigenvalue weighted by atomic mass is 9.79. The highest BCUT2D eigenvalue weighted by atomic mass is 16.7. The van der Waals surface area contributed by atoms with Gasteiger partial charge in [-0.3, -0.25) is 4.79 Å². The Labute approximate surface area is 179 Å². The number of hydrogen-bond donors (Lipinski definition) is 1.